The first-order valence-electron chi connectivity index (χ1n) is 6.46. The first kappa shape index (κ1) is 15.4. The zero-order valence-corrected chi connectivity index (χ0v) is 12.2. The van der Waals surface area contributed by atoms with Crippen LogP contribution in [0.2, 0.25) is 0 Å². The van der Waals surface area contributed by atoms with Gasteiger partial charge in [-0.15, -0.1) is 0 Å². The van der Waals surface area contributed by atoms with Crippen LogP contribution in [-0.2, 0) is 0 Å². The summed E-state index contributed by atoms with van der Waals surface area (Å²) in [4.78, 5) is 14.6. The van der Waals surface area contributed by atoms with Gasteiger partial charge in [-0.2, -0.15) is 15.0 Å². The first-order valence-corrected chi connectivity index (χ1v) is 6.46. The molecular formula is C12H23N5O2. The van der Waals surface area contributed by atoms with Crippen LogP contribution in [0.4, 0.5) is 11.9 Å². The lowest BCUT2D eigenvalue weighted by Gasteiger charge is -2.26. The van der Waals surface area contributed by atoms with Gasteiger partial charge >= 0.3 is 6.01 Å². The van der Waals surface area contributed by atoms with E-state index < -0.39 is 0 Å². The number of ether oxygens (including phenoxy) is 1. The maximum absolute atomic E-state index is 9.13. The number of anilines is 2. The van der Waals surface area contributed by atoms with Gasteiger partial charge in [-0.1, -0.05) is 0 Å². The van der Waals surface area contributed by atoms with Crippen LogP contribution < -0.4 is 15.0 Å². The van der Waals surface area contributed by atoms with E-state index in [1.807, 2.05) is 32.6 Å². The molecule has 2 N–H and O–H groups in total. The predicted octanol–water partition coefficient (Wildman–Crippen LogP) is 0.908. The molecule has 0 unspecified atom stereocenters. The van der Waals surface area contributed by atoms with Crippen molar-refractivity contribution in [1.29, 1.82) is 0 Å². The van der Waals surface area contributed by atoms with Crippen molar-refractivity contribution in [2.24, 2.45) is 0 Å². The van der Waals surface area contributed by atoms with Gasteiger partial charge in [0, 0.05) is 19.6 Å². The van der Waals surface area contributed by atoms with Gasteiger partial charge in [0.2, 0.25) is 11.9 Å². The number of nitrogens with zero attached hydrogens (tertiary/aromatic N) is 4. The molecule has 0 atom stereocenters. The van der Waals surface area contributed by atoms with Crippen molar-refractivity contribution < 1.29 is 9.84 Å². The average molecular weight is 269 g/mol. The molecule has 1 aromatic heterocycles. The van der Waals surface area contributed by atoms with E-state index in [0.29, 0.717) is 18.4 Å². The van der Waals surface area contributed by atoms with Gasteiger partial charge in [-0.25, -0.2) is 0 Å². The summed E-state index contributed by atoms with van der Waals surface area (Å²) in [6, 6.07) is 0.457. The number of aliphatic hydroxyl groups is 1. The molecule has 19 heavy (non-hydrogen) atoms. The third-order valence-corrected chi connectivity index (χ3v) is 2.39. The molecule has 0 aliphatic carbocycles. The lowest BCUT2D eigenvalue weighted by molar-refractivity contribution is 0.221. The van der Waals surface area contributed by atoms with E-state index in [1.54, 1.807) is 7.05 Å². The number of nitrogens with one attached hydrogen (secondary N) is 1. The smallest absolute Gasteiger partial charge is 0.323 e. The first-order chi connectivity index (χ1) is 8.97. The van der Waals surface area contributed by atoms with E-state index in [4.69, 9.17) is 9.84 Å². The van der Waals surface area contributed by atoms with Gasteiger partial charge in [-0.05, 0) is 27.7 Å². The third-order valence-electron chi connectivity index (χ3n) is 2.39. The van der Waals surface area contributed by atoms with Crippen LogP contribution in [0, 0.1) is 0 Å². The molecule has 0 fully saturated rings. The van der Waals surface area contributed by atoms with Gasteiger partial charge in [0.1, 0.15) is 0 Å². The summed E-state index contributed by atoms with van der Waals surface area (Å²) < 4.78 is 5.51. The van der Waals surface area contributed by atoms with Crippen LogP contribution >= 0.6 is 0 Å². The fraction of sp³-hybridized carbons (Fsp3) is 0.750. The van der Waals surface area contributed by atoms with E-state index in [9.17, 15) is 0 Å². The Labute approximate surface area is 114 Å². The molecule has 0 bridgehead atoms. The second kappa shape index (κ2) is 7.08. The number of hydrogen-bond donors (Lipinski definition) is 2. The van der Waals surface area contributed by atoms with Gasteiger partial charge in [0.15, 0.2) is 0 Å². The lowest BCUT2D eigenvalue weighted by Crippen LogP contribution is -2.35. The van der Waals surface area contributed by atoms with Crippen molar-refractivity contribution in [2.75, 3.05) is 30.4 Å². The molecule has 0 aliphatic heterocycles. The molecule has 0 radical (unpaired) electrons. The molecule has 0 aliphatic rings. The largest absolute Gasteiger partial charge is 0.461 e. The van der Waals surface area contributed by atoms with Crippen molar-refractivity contribution in [3.05, 3.63) is 0 Å². The molecule has 0 aromatic carbocycles. The maximum atomic E-state index is 9.13. The predicted molar refractivity (Wildman–Crippen MR) is 74.7 cm³/mol. The molecule has 1 heterocycles. The summed E-state index contributed by atoms with van der Waals surface area (Å²) in [5, 5.41) is 12.0. The molecular weight excluding hydrogens is 246 g/mol. The highest BCUT2D eigenvalue weighted by molar-refractivity contribution is 5.38. The van der Waals surface area contributed by atoms with Gasteiger partial charge < -0.3 is 20.1 Å². The summed E-state index contributed by atoms with van der Waals surface area (Å²) >= 11 is 0. The maximum Gasteiger partial charge on any atom is 0.323 e. The van der Waals surface area contributed by atoms with E-state index in [2.05, 4.69) is 20.3 Å². The zero-order valence-electron chi connectivity index (χ0n) is 12.2. The van der Waals surface area contributed by atoms with Crippen molar-refractivity contribution >= 4 is 11.9 Å². The van der Waals surface area contributed by atoms with E-state index in [0.717, 1.165) is 0 Å². The highest BCUT2D eigenvalue weighted by Crippen LogP contribution is 2.17. The summed E-state index contributed by atoms with van der Waals surface area (Å²) in [5.74, 6) is 0.947. The van der Waals surface area contributed by atoms with Crippen LogP contribution in [0.15, 0.2) is 0 Å². The van der Waals surface area contributed by atoms with Crippen molar-refractivity contribution in [3.63, 3.8) is 0 Å². The normalized spacial score (nSPS) is 10.9. The molecule has 108 valence electrons. The summed E-state index contributed by atoms with van der Waals surface area (Å²) in [6.07, 6.45) is -0.00898. The van der Waals surface area contributed by atoms with E-state index >= 15 is 0 Å². The van der Waals surface area contributed by atoms with Crippen molar-refractivity contribution in [3.8, 4) is 6.01 Å². The molecule has 7 nitrogen and oxygen atoms in total. The lowest BCUT2D eigenvalue weighted by atomic mass is 10.3. The Hall–Kier alpha value is -1.63. The van der Waals surface area contributed by atoms with Crippen molar-refractivity contribution in [1.82, 2.24) is 15.0 Å². The van der Waals surface area contributed by atoms with E-state index in [1.165, 1.54) is 0 Å². The minimum absolute atomic E-state index is 0.00898. The summed E-state index contributed by atoms with van der Waals surface area (Å²) in [6.45, 7) is 8.36. The fourth-order valence-corrected chi connectivity index (χ4v) is 1.55. The minimum atomic E-state index is -0.00898. The quantitative estimate of drug-likeness (QED) is 0.761. The number of rotatable bonds is 7. The molecule has 0 spiro atoms. The Morgan fingerprint density at radius 1 is 1.21 bits per heavy atom. The Morgan fingerprint density at radius 2 is 1.89 bits per heavy atom. The third kappa shape index (κ3) is 4.51. The SMILES string of the molecule is CNc1nc(OC(C)C)nc(N(CCO)C(C)C)n1. The molecule has 0 amide bonds. The highest BCUT2D eigenvalue weighted by atomic mass is 16.5. The molecule has 0 saturated carbocycles. The Morgan fingerprint density at radius 3 is 2.37 bits per heavy atom. The topological polar surface area (TPSA) is 83.4 Å². The fourth-order valence-electron chi connectivity index (χ4n) is 1.55. The number of aromatic nitrogens is 3. The summed E-state index contributed by atoms with van der Waals surface area (Å²) in [7, 11) is 1.74. The van der Waals surface area contributed by atoms with Gasteiger partial charge in [0.05, 0.1) is 12.7 Å². The molecule has 1 rings (SSSR count). The molecule has 0 saturated heterocycles. The second-order valence-electron chi connectivity index (χ2n) is 4.67. The van der Waals surface area contributed by atoms with E-state index in [-0.39, 0.29) is 24.8 Å². The standard InChI is InChI=1S/C12H23N5O2/c1-8(2)17(6-7-18)11-14-10(13-5)15-12(16-11)19-9(3)4/h8-9,18H,6-7H2,1-5H3,(H,13,14,15,16). The van der Waals surface area contributed by atoms with Crippen LogP contribution in [0.3, 0.4) is 0 Å². The van der Waals surface area contributed by atoms with Gasteiger partial charge in [0.25, 0.3) is 0 Å². The Bertz CT molecular complexity index is 398. The van der Waals surface area contributed by atoms with Crippen LogP contribution in [0.1, 0.15) is 27.7 Å². The molecule has 7 heteroatoms. The number of hydrogen-bond acceptors (Lipinski definition) is 7. The van der Waals surface area contributed by atoms with Crippen molar-refractivity contribution in [2.45, 2.75) is 39.8 Å². The highest BCUT2D eigenvalue weighted by Gasteiger charge is 2.16. The monoisotopic (exact) mass is 269 g/mol. The average Bonchev–Trinajstić information content (AvgIpc) is 2.34. The Kier molecular flexibility index (Phi) is 5.75. The zero-order chi connectivity index (χ0) is 14.4. The van der Waals surface area contributed by atoms with Crippen LogP contribution in [-0.4, -0.2) is 52.4 Å². The Balaban J connectivity index is 3.09. The minimum Gasteiger partial charge on any atom is -0.461 e. The van der Waals surface area contributed by atoms with Crippen LogP contribution in [0.25, 0.3) is 0 Å². The van der Waals surface area contributed by atoms with Crippen LogP contribution in [0.5, 0.6) is 6.01 Å². The van der Waals surface area contributed by atoms with Gasteiger partial charge in [-0.3, -0.25) is 0 Å². The second-order valence-corrected chi connectivity index (χ2v) is 4.67. The number of aliphatic hydroxyl groups excluding tert-OH is 1. The molecule has 1 aromatic rings. The summed E-state index contributed by atoms with van der Waals surface area (Å²) in [5.41, 5.74) is 0.